The van der Waals surface area contributed by atoms with Crippen molar-refractivity contribution >= 4 is 34.5 Å². The Morgan fingerprint density at radius 3 is 2.90 bits per heavy atom. The van der Waals surface area contributed by atoms with Crippen molar-refractivity contribution in [3.63, 3.8) is 0 Å². The maximum Gasteiger partial charge on any atom is 0.265 e. The second kappa shape index (κ2) is 7.01. The molecule has 0 unspecified atom stereocenters. The number of nitrogens with one attached hydrogen (secondary N) is 1. The summed E-state index contributed by atoms with van der Waals surface area (Å²) in [5.41, 5.74) is 5.54. The molecule has 2 rings (SSSR count). The molecule has 3 N–H and O–H groups in total. The lowest BCUT2D eigenvalue weighted by Crippen LogP contribution is -2.46. The standard InChI is InChI=1S/C13H19N3O2S2/c1-18-10-4-7-20-12(10)13(17)15-9-2-5-16(6-3-9)8-11(14)19/h4,7,9H,2-3,5-6,8H2,1H3,(H2,14,19)(H,15,17). The zero-order chi connectivity index (χ0) is 14.5. The van der Waals surface area contributed by atoms with Gasteiger partial charge in [-0.25, -0.2) is 0 Å². The Balaban J connectivity index is 1.83. The van der Waals surface area contributed by atoms with Crippen LogP contribution in [0.15, 0.2) is 11.4 Å². The van der Waals surface area contributed by atoms with Gasteiger partial charge >= 0.3 is 0 Å². The molecule has 1 aliphatic heterocycles. The van der Waals surface area contributed by atoms with Crippen molar-refractivity contribution in [1.82, 2.24) is 10.2 Å². The average Bonchev–Trinajstić information content (AvgIpc) is 2.89. The van der Waals surface area contributed by atoms with E-state index in [2.05, 4.69) is 10.2 Å². The van der Waals surface area contributed by atoms with Gasteiger partial charge in [0.05, 0.1) is 12.1 Å². The van der Waals surface area contributed by atoms with Crippen LogP contribution in [0, 0.1) is 0 Å². The molecule has 0 atom stereocenters. The molecule has 1 amide bonds. The van der Waals surface area contributed by atoms with E-state index in [0.717, 1.165) is 25.9 Å². The van der Waals surface area contributed by atoms with E-state index in [0.29, 0.717) is 22.2 Å². The Morgan fingerprint density at radius 2 is 2.30 bits per heavy atom. The first-order chi connectivity index (χ1) is 9.60. The summed E-state index contributed by atoms with van der Waals surface area (Å²) < 4.78 is 5.17. The largest absolute Gasteiger partial charge is 0.495 e. The molecule has 7 heteroatoms. The Morgan fingerprint density at radius 1 is 1.60 bits per heavy atom. The molecule has 0 saturated carbocycles. The predicted octanol–water partition coefficient (Wildman–Crippen LogP) is 1.24. The Hall–Kier alpha value is -1.18. The molecule has 20 heavy (non-hydrogen) atoms. The summed E-state index contributed by atoms with van der Waals surface area (Å²) in [5, 5.41) is 4.93. The van der Waals surface area contributed by atoms with Gasteiger partial charge < -0.3 is 15.8 Å². The molecule has 0 spiro atoms. The lowest BCUT2D eigenvalue weighted by Gasteiger charge is -2.31. The van der Waals surface area contributed by atoms with Crippen molar-refractivity contribution in [1.29, 1.82) is 0 Å². The van der Waals surface area contributed by atoms with Crippen molar-refractivity contribution in [3.05, 3.63) is 16.3 Å². The number of carbonyl (C=O) groups is 1. The van der Waals surface area contributed by atoms with Gasteiger partial charge in [0.15, 0.2) is 0 Å². The van der Waals surface area contributed by atoms with Crippen LogP contribution in [-0.2, 0) is 0 Å². The molecule has 1 aromatic rings. The van der Waals surface area contributed by atoms with Crippen LogP contribution in [0.3, 0.4) is 0 Å². The monoisotopic (exact) mass is 313 g/mol. The number of rotatable bonds is 5. The third kappa shape index (κ3) is 3.91. The zero-order valence-corrected chi connectivity index (χ0v) is 13.1. The molecule has 2 heterocycles. The molecular formula is C13H19N3O2S2. The van der Waals surface area contributed by atoms with Gasteiger partial charge in [0.2, 0.25) is 0 Å². The number of piperidine rings is 1. The summed E-state index contributed by atoms with van der Waals surface area (Å²) in [6, 6.07) is 2.02. The normalized spacial score (nSPS) is 16.9. The number of methoxy groups -OCH3 is 1. The lowest BCUT2D eigenvalue weighted by atomic mass is 10.0. The number of thiophene rings is 1. The van der Waals surface area contributed by atoms with E-state index in [-0.39, 0.29) is 11.9 Å². The predicted molar refractivity (Wildman–Crippen MR) is 84.6 cm³/mol. The van der Waals surface area contributed by atoms with Crippen molar-refractivity contribution in [2.75, 3.05) is 26.7 Å². The van der Waals surface area contributed by atoms with Crippen LogP contribution < -0.4 is 15.8 Å². The van der Waals surface area contributed by atoms with E-state index in [1.165, 1.54) is 11.3 Å². The number of amides is 1. The minimum absolute atomic E-state index is 0.0513. The summed E-state index contributed by atoms with van der Waals surface area (Å²) in [5.74, 6) is 0.586. The minimum Gasteiger partial charge on any atom is -0.495 e. The fraction of sp³-hybridized carbons (Fsp3) is 0.538. The van der Waals surface area contributed by atoms with Crippen LogP contribution in [0.5, 0.6) is 5.75 Å². The van der Waals surface area contributed by atoms with Crippen LogP contribution in [0.4, 0.5) is 0 Å². The van der Waals surface area contributed by atoms with E-state index in [9.17, 15) is 4.79 Å². The van der Waals surface area contributed by atoms with Crippen molar-refractivity contribution in [3.8, 4) is 5.75 Å². The van der Waals surface area contributed by atoms with Crippen molar-refractivity contribution in [2.24, 2.45) is 5.73 Å². The van der Waals surface area contributed by atoms with Gasteiger partial charge in [-0.1, -0.05) is 12.2 Å². The quantitative estimate of drug-likeness (QED) is 0.801. The van der Waals surface area contributed by atoms with Crippen LogP contribution in [0.25, 0.3) is 0 Å². The van der Waals surface area contributed by atoms with Gasteiger partial charge in [0.25, 0.3) is 5.91 Å². The number of nitrogens with zero attached hydrogens (tertiary/aromatic N) is 1. The van der Waals surface area contributed by atoms with E-state index in [1.54, 1.807) is 7.11 Å². The molecule has 5 nitrogen and oxygen atoms in total. The lowest BCUT2D eigenvalue weighted by molar-refractivity contribution is 0.0916. The second-order valence-corrected chi connectivity index (χ2v) is 6.25. The van der Waals surface area contributed by atoms with Crippen molar-refractivity contribution < 1.29 is 9.53 Å². The van der Waals surface area contributed by atoms with Crippen LogP contribution in [-0.4, -0.2) is 48.6 Å². The van der Waals surface area contributed by atoms with Crippen LogP contribution in [0.2, 0.25) is 0 Å². The summed E-state index contributed by atoms with van der Waals surface area (Å²) in [4.78, 5) is 15.6. The van der Waals surface area contributed by atoms with Gasteiger partial charge in [0.1, 0.15) is 10.6 Å². The van der Waals surface area contributed by atoms with Crippen LogP contribution >= 0.6 is 23.6 Å². The number of ether oxygens (including phenoxy) is 1. The first-order valence-electron chi connectivity index (χ1n) is 6.53. The molecule has 1 aliphatic rings. The summed E-state index contributed by atoms with van der Waals surface area (Å²) in [6.07, 6.45) is 1.84. The Bertz CT molecular complexity index is 482. The fourth-order valence-electron chi connectivity index (χ4n) is 2.33. The topological polar surface area (TPSA) is 67.6 Å². The van der Waals surface area contributed by atoms with E-state index in [1.807, 2.05) is 11.4 Å². The van der Waals surface area contributed by atoms with Crippen molar-refractivity contribution in [2.45, 2.75) is 18.9 Å². The number of hydrogen-bond acceptors (Lipinski definition) is 5. The van der Waals surface area contributed by atoms with Gasteiger partial charge in [0, 0.05) is 25.7 Å². The molecule has 0 radical (unpaired) electrons. The molecule has 110 valence electrons. The average molecular weight is 313 g/mol. The van der Waals surface area contributed by atoms with E-state index >= 15 is 0 Å². The highest BCUT2D eigenvalue weighted by Crippen LogP contribution is 2.24. The highest BCUT2D eigenvalue weighted by Gasteiger charge is 2.23. The summed E-state index contributed by atoms with van der Waals surface area (Å²) >= 11 is 6.31. The minimum atomic E-state index is -0.0513. The fourth-order valence-corrected chi connectivity index (χ4v) is 3.27. The van der Waals surface area contributed by atoms with E-state index in [4.69, 9.17) is 22.7 Å². The molecular weight excluding hydrogens is 294 g/mol. The maximum atomic E-state index is 12.2. The molecule has 0 bridgehead atoms. The van der Waals surface area contributed by atoms with Gasteiger partial charge in [-0.3, -0.25) is 9.69 Å². The number of likely N-dealkylation sites (tertiary alicyclic amines) is 1. The van der Waals surface area contributed by atoms with E-state index < -0.39 is 0 Å². The Labute approximate surface area is 128 Å². The SMILES string of the molecule is COc1ccsc1C(=O)NC1CCN(CC(N)=S)CC1. The first-order valence-corrected chi connectivity index (χ1v) is 7.82. The number of nitrogens with two attached hydrogens (primary N) is 1. The number of thiocarbonyl (C=S) groups is 1. The third-order valence-corrected chi connectivity index (χ3v) is 4.38. The number of hydrogen-bond donors (Lipinski definition) is 2. The number of carbonyl (C=O) groups excluding carboxylic acids is 1. The molecule has 1 fully saturated rings. The Kier molecular flexibility index (Phi) is 5.33. The highest BCUT2D eigenvalue weighted by atomic mass is 32.1. The van der Waals surface area contributed by atoms with Gasteiger partial charge in [-0.2, -0.15) is 0 Å². The first kappa shape index (κ1) is 15.2. The van der Waals surface area contributed by atoms with Crippen LogP contribution in [0.1, 0.15) is 22.5 Å². The smallest absolute Gasteiger partial charge is 0.265 e. The maximum absolute atomic E-state index is 12.2. The molecule has 0 aliphatic carbocycles. The third-order valence-electron chi connectivity index (χ3n) is 3.36. The second-order valence-electron chi connectivity index (χ2n) is 4.81. The van der Waals surface area contributed by atoms with Gasteiger partial charge in [-0.05, 0) is 24.3 Å². The molecule has 1 aromatic heterocycles. The molecule has 1 saturated heterocycles. The summed E-state index contributed by atoms with van der Waals surface area (Å²) in [6.45, 7) is 2.47. The van der Waals surface area contributed by atoms with Gasteiger partial charge in [-0.15, -0.1) is 11.3 Å². The zero-order valence-electron chi connectivity index (χ0n) is 11.4. The highest BCUT2D eigenvalue weighted by molar-refractivity contribution is 7.80. The summed E-state index contributed by atoms with van der Waals surface area (Å²) in [7, 11) is 1.58. The molecule has 0 aromatic carbocycles.